The molecule has 0 N–H and O–H groups in total. The smallest absolute Gasteiger partial charge is 0.215 e. The Kier molecular flexibility index (Phi) is 5.52. The van der Waals surface area contributed by atoms with Crippen molar-refractivity contribution in [1.29, 1.82) is 0 Å². The van der Waals surface area contributed by atoms with Crippen LogP contribution < -0.4 is 9.47 Å². The molecule has 7 heteroatoms. The van der Waals surface area contributed by atoms with E-state index in [4.69, 9.17) is 9.47 Å². The number of benzene rings is 2. The molecule has 2 rings (SSSR count). The zero-order valence-electron chi connectivity index (χ0n) is 11.9. The third kappa shape index (κ3) is 3.83. The van der Waals surface area contributed by atoms with E-state index in [0.717, 1.165) is 8.95 Å². The quantitative estimate of drug-likeness (QED) is 0.677. The second-order valence-corrected chi connectivity index (χ2v) is 8.54. The molecule has 1 atom stereocenters. The molecule has 0 saturated heterocycles. The van der Waals surface area contributed by atoms with Crippen molar-refractivity contribution < 1.29 is 17.9 Å². The maximum atomic E-state index is 12.5. The Morgan fingerprint density at radius 1 is 0.955 bits per heavy atom. The number of ether oxygens (including phenoxy) is 2. The lowest BCUT2D eigenvalue weighted by molar-refractivity contribution is 0.274. The molecule has 0 saturated carbocycles. The van der Waals surface area contributed by atoms with Gasteiger partial charge in [0.1, 0.15) is 0 Å². The minimum Gasteiger partial charge on any atom is -0.493 e. The first-order chi connectivity index (χ1) is 10.3. The van der Waals surface area contributed by atoms with E-state index >= 15 is 0 Å². The topological polar surface area (TPSA) is 52.6 Å². The van der Waals surface area contributed by atoms with E-state index in [9.17, 15) is 8.42 Å². The lowest BCUT2D eigenvalue weighted by Gasteiger charge is -2.17. The molecular formula is C15H14Br2O4S. The standard InChI is InChI=1S/C15H14Br2O4S/c1-10(21-15-9-12(17)5-8-14(15)20-2)22(18,19)13-6-3-11(16)4-7-13/h3-10H,1-2H3. The molecule has 0 heterocycles. The van der Waals surface area contributed by atoms with Gasteiger partial charge in [-0.15, -0.1) is 0 Å². The fraction of sp³-hybridized carbons (Fsp3) is 0.200. The summed E-state index contributed by atoms with van der Waals surface area (Å²) in [7, 11) is -2.10. The Hall–Kier alpha value is -1.05. The molecule has 0 aliphatic rings. The van der Waals surface area contributed by atoms with Crippen LogP contribution in [-0.2, 0) is 9.84 Å². The van der Waals surface area contributed by atoms with Gasteiger partial charge in [0.15, 0.2) is 11.5 Å². The van der Waals surface area contributed by atoms with Crippen LogP contribution in [0.15, 0.2) is 56.3 Å². The van der Waals surface area contributed by atoms with Gasteiger partial charge < -0.3 is 9.47 Å². The largest absolute Gasteiger partial charge is 0.493 e. The van der Waals surface area contributed by atoms with Gasteiger partial charge in [0.05, 0.1) is 12.0 Å². The van der Waals surface area contributed by atoms with Gasteiger partial charge in [0, 0.05) is 8.95 Å². The molecule has 0 radical (unpaired) electrons. The van der Waals surface area contributed by atoms with Crippen molar-refractivity contribution in [2.45, 2.75) is 17.3 Å². The van der Waals surface area contributed by atoms with Crippen molar-refractivity contribution in [1.82, 2.24) is 0 Å². The van der Waals surface area contributed by atoms with Crippen LogP contribution in [0.1, 0.15) is 6.92 Å². The third-order valence-corrected chi connectivity index (χ3v) is 5.92. The molecule has 4 nitrogen and oxygen atoms in total. The molecule has 2 aromatic carbocycles. The monoisotopic (exact) mass is 448 g/mol. The Morgan fingerprint density at radius 3 is 2.14 bits per heavy atom. The van der Waals surface area contributed by atoms with Gasteiger partial charge in [0.25, 0.3) is 0 Å². The Bertz CT molecular complexity index is 758. The molecular weight excluding hydrogens is 436 g/mol. The van der Waals surface area contributed by atoms with E-state index in [-0.39, 0.29) is 4.90 Å². The molecule has 1 unspecified atom stereocenters. The highest BCUT2D eigenvalue weighted by molar-refractivity contribution is 9.10. The lowest BCUT2D eigenvalue weighted by atomic mass is 10.3. The van der Waals surface area contributed by atoms with Gasteiger partial charge in [-0.1, -0.05) is 31.9 Å². The van der Waals surface area contributed by atoms with E-state index in [2.05, 4.69) is 31.9 Å². The molecule has 2 aromatic rings. The van der Waals surface area contributed by atoms with E-state index in [1.54, 1.807) is 30.3 Å². The van der Waals surface area contributed by atoms with Crippen molar-refractivity contribution in [3.8, 4) is 11.5 Å². The van der Waals surface area contributed by atoms with Crippen LogP contribution in [0.2, 0.25) is 0 Å². The predicted octanol–water partition coefficient (Wildman–Crippen LogP) is 4.42. The number of hydrogen-bond acceptors (Lipinski definition) is 4. The zero-order valence-corrected chi connectivity index (χ0v) is 15.9. The summed E-state index contributed by atoms with van der Waals surface area (Å²) in [5.74, 6) is 0.839. The normalized spacial score (nSPS) is 12.7. The van der Waals surface area contributed by atoms with Crippen LogP contribution in [0, 0.1) is 0 Å². The van der Waals surface area contributed by atoms with E-state index in [1.807, 2.05) is 0 Å². The Balaban J connectivity index is 2.30. The lowest BCUT2D eigenvalue weighted by Crippen LogP contribution is -2.24. The molecule has 0 aromatic heterocycles. The van der Waals surface area contributed by atoms with Gasteiger partial charge in [-0.05, 0) is 49.4 Å². The fourth-order valence-corrected chi connectivity index (χ4v) is 3.53. The van der Waals surface area contributed by atoms with Crippen molar-refractivity contribution in [3.05, 3.63) is 51.4 Å². The summed E-state index contributed by atoms with van der Waals surface area (Å²) < 4.78 is 37.5. The number of sulfone groups is 1. The highest BCUT2D eigenvalue weighted by Crippen LogP contribution is 2.32. The average Bonchev–Trinajstić information content (AvgIpc) is 2.48. The SMILES string of the molecule is COc1ccc(Br)cc1OC(C)S(=O)(=O)c1ccc(Br)cc1. The van der Waals surface area contributed by atoms with Crippen molar-refractivity contribution >= 4 is 41.7 Å². The maximum Gasteiger partial charge on any atom is 0.215 e. The molecule has 118 valence electrons. The zero-order chi connectivity index (χ0) is 16.3. The van der Waals surface area contributed by atoms with Crippen molar-refractivity contribution in [2.24, 2.45) is 0 Å². The van der Waals surface area contributed by atoms with E-state index in [1.165, 1.54) is 26.2 Å². The van der Waals surface area contributed by atoms with Crippen LogP contribution in [0.3, 0.4) is 0 Å². The third-order valence-electron chi connectivity index (χ3n) is 3.00. The molecule has 0 aliphatic heterocycles. The highest BCUT2D eigenvalue weighted by atomic mass is 79.9. The first kappa shape index (κ1) is 17.3. The van der Waals surface area contributed by atoms with Crippen molar-refractivity contribution in [3.63, 3.8) is 0 Å². The number of methoxy groups -OCH3 is 1. The highest BCUT2D eigenvalue weighted by Gasteiger charge is 2.26. The molecule has 0 spiro atoms. The molecule has 0 amide bonds. The van der Waals surface area contributed by atoms with Gasteiger partial charge in [-0.2, -0.15) is 0 Å². The first-order valence-corrected chi connectivity index (χ1v) is 9.47. The van der Waals surface area contributed by atoms with Gasteiger partial charge in [-0.3, -0.25) is 0 Å². The number of rotatable bonds is 5. The van der Waals surface area contributed by atoms with Crippen LogP contribution in [0.25, 0.3) is 0 Å². The summed E-state index contributed by atoms with van der Waals surface area (Å²) in [6, 6.07) is 11.6. The van der Waals surface area contributed by atoms with Crippen LogP contribution in [0.4, 0.5) is 0 Å². The second kappa shape index (κ2) is 7.02. The van der Waals surface area contributed by atoms with Crippen LogP contribution >= 0.6 is 31.9 Å². The van der Waals surface area contributed by atoms with Crippen molar-refractivity contribution in [2.75, 3.05) is 7.11 Å². The van der Waals surface area contributed by atoms with E-state index < -0.39 is 15.3 Å². The van der Waals surface area contributed by atoms with Crippen LogP contribution in [-0.4, -0.2) is 21.0 Å². The average molecular weight is 450 g/mol. The summed E-state index contributed by atoms with van der Waals surface area (Å²) in [5, 5.41) is 0. The molecule has 0 fully saturated rings. The first-order valence-electron chi connectivity index (χ1n) is 6.34. The summed E-state index contributed by atoms with van der Waals surface area (Å²) in [6.07, 6.45) is 0. The predicted molar refractivity (Wildman–Crippen MR) is 92.1 cm³/mol. The number of halogens is 2. The molecule has 22 heavy (non-hydrogen) atoms. The Labute approximate surface area is 146 Å². The fourth-order valence-electron chi connectivity index (χ4n) is 1.80. The van der Waals surface area contributed by atoms with Crippen LogP contribution in [0.5, 0.6) is 11.5 Å². The minimum atomic E-state index is -3.61. The van der Waals surface area contributed by atoms with Gasteiger partial charge >= 0.3 is 0 Å². The summed E-state index contributed by atoms with van der Waals surface area (Å²) in [5.41, 5.74) is -1.04. The summed E-state index contributed by atoms with van der Waals surface area (Å²) in [6.45, 7) is 1.50. The van der Waals surface area contributed by atoms with Gasteiger partial charge in [0.2, 0.25) is 15.3 Å². The van der Waals surface area contributed by atoms with Gasteiger partial charge in [-0.25, -0.2) is 8.42 Å². The Morgan fingerprint density at radius 2 is 1.55 bits per heavy atom. The van der Waals surface area contributed by atoms with E-state index in [0.29, 0.717) is 11.5 Å². The maximum absolute atomic E-state index is 12.5. The summed E-state index contributed by atoms with van der Waals surface area (Å²) >= 11 is 6.61. The minimum absolute atomic E-state index is 0.206. The molecule has 0 bridgehead atoms. The number of hydrogen-bond donors (Lipinski definition) is 0. The molecule has 0 aliphatic carbocycles. The second-order valence-electron chi connectivity index (χ2n) is 4.48. The summed E-state index contributed by atoms with van der Waals surface area (Å²) in [4.78, 5) is 0.206.